The van der Waals surface area contributed by atoms with E-state index in [1.807, 2.05) is 0 Å². The molecule has 0 bridgehead atoms. The lowest BCUT2D eigenvalue weighted by atomic mass is 10.1. The molecule has 3 N–H and O–H groups in total. The van der Waals surface area contributed by atoms with Crippen LogP contribution in [-0.2, 0) is 14.6 Å². The van der Waals surface area contributed by atoms with Crippen LogP contribution >= 0.6 is 0 Å². The van der Waals surface area contributed by atoms with Gasteiger partial charge in [-0.1, -0.05) is 0 Å². The Bertz CT molecular complexity index is 582. The first-order chi connectivity index (χ1) is 8.76. The van der Waals surface area contributed by atoms with Crippen LogP contribution in [0.25, 0.3) is 0 Å². The van der Waals surface area contributed by atoms with Gasteiger partial charge in [-0.2, -0.15) is 0 Å². The van der Waals surface area contributed by atoms with Gasteiger partial charge >= 0.3 is 5.97 Å². The van der Waals surface area contributed by atoms with E-state index in [0.717, 1.165) is 0 Å². The second-order valence-electron chi connectivity index (χ2n) is 4.25. The van der Waals surface area contributed by atoms with Crippen molar-refractivity contribution in [3.05, 3.63) is 23.3 Å². The normalized spacial score (nSPS) is 11.1. The highest BCUT2D eigenvalue weighted by molar-refractivity contribution is 7.90. The fourth-order valence-corrected chi connectivity index (χ4v) is 2.06. The number of ether oxygens (including phenoxy) is 1. The molecule has 1 aromatic rings. The van der Waals surface area contributed by atoms with Crippen LogP contribution in [0.15, 0.2) is 12.1 Å². The number of rotatable bonds is 5. The number of esters is 1. The van der Waals surface area contributed by atoms with Crippen LogP contribution < -0.4 is 11.1 Å². The molecule has 6 nitrogen and oxygen atoms in total. The van der Waals surface area contributed by atoms with E-state index in [2.05, 4.69) is 10.1 Å². The lowest BCUT2D eigenvalue weighted by molar-refractivity contribution is 0.0600. The summed E-state index contributed by atoms with van der Waals surface area (Å²) in [6.07, 6.45) is 1.17. The van der Waals surface area contributed by atoms with Gasteiger partial charge < -0.3 is 15.8 Å². The van der Waals surface area contributed by atoms with E-state index in [0.29, 0.717) is 22.5 Å². The van der Waals surface area contributed by atoms with Gasteiger partial charge in [-0.25, -0.2) is 13.2 Å². The van der Waals surface area contributed by atoms with E-state index < -0.39 is 15.8 Å². The molecule has 0 aromatic heterocycles. The quantitative estimate of drug-likeness (QED) is 0.614. The molecule has 0 saturated carbocycles. The summed E-state index contributed by atoms with van der Waals surface area (Å²) in [7, 11) is -1.72. The number of hydrogen-bond donors (Lipinski definition) is 2. The highest BCUT2D eigenvalue weighted by Gasteiger charge is 2.13. The van der Waals surface area contributed by atoms with Crippen LogP contribution in [0.1, 0.15) is 15.9 Å². The van der Waals surface area contributed by atoms with Crippen molar-refractivity contribution in [2.45, 2.75) is 6.92 Å². The van der Waals surface area contributed by atoms with Gasteiger partial charge in [-0.3, -0.25) is 0 Å². The van der Waals surface area contributed by atoms with Gasteiger partial charge in [0.25, 0.3) is 0 Å². The van der Waals surface area contributed by atoms with Crippen LogP contribution in [0.3, 0.4) is 0 Å². The van der Waals surface area contributed by atoms with Crippen molar-refractivity contribution in [3.63, 3.8) is 0 Å². The molecule has 1 rings (SSSR count). The molecular formula is C12H18N2O4S. The Labute approximate surface area is 112 Å². The molecule has 7 heteroatoms. The summed E-state index contributed by atoms with van der Waals surface area (Å²) in [5.41, 5.74) is 7.93. The summed E-state index contributed by atoms with van der Waals surface area (Å²) in [5, 5.41) is 2.94. The molecular weight excluding hydrogens is 268 g/mol. The first-order valence-corrected chi connectivity index (χ1v) is 7.71. The molecule has 0 spiro atoms. The summed E-state index contributed by atoms with van der Waals surface area (Å²) in [5.74, 6) is -0.434. The second-order valence-corrected chi connectivity index (χ2v) is 6.51. The third-order valence-electron chi connectivity index (χ3n) is 2.71. The van der Waals surface area contributed by atoms with Gasteiger partial charge in [0, 0.05) is 12.8 Å². The maximum atomic E-state index is 11.5. The molecule has 0 amide bonds. The minimum absolute atomic E-state index is 0.0181. The van der Waals surface area contributed by atoms with Crippen molar-refractivity contribution in [1.29, 1.82) is 0 Å². The summed E-state index contributed by atoms with van der Waals surface area (Å²) < 4.78 is 26.7. The predicted molar refractivity (Wildman–Crippen MR) is 75.1 cm³/mol. The second kappa shape index (κ2) is 5.92. The van der Waals surface area contributed by atoms with E-state index in [4.69, 9.17) is 5.73 Å². The summed E-state index contributed by atoms with van der Waals surface area (Å²) in [6.45, 7) is 1.98. The van der Waals surface area contributed by atoms with Crippen LogP contribution in [0, 0.1) is 6.92 Å². The van der Waals surface area contributed by atoms with E-state index in [1.54, 1.807) is 19.1 Å². The standard InChI is InChI=1S/C12H18N2O4S/c1-8-9(12(15)18-2)4-5-10(11(8)13)14-6-7-19(3,16)17/h4-5,14H,6-7,13H2,1-3H3. The summed E-state index contributed by atoms with van der Waals surface area (Å²) in [6, 6.07) is 3.23. The zero-order valence-electron chi connectivity index (χ0n) is 11.2. The van der Waals surface area contributed by atoms with Gasteiger partial charge in [0.15, 0.2) is 0 Å². The number of nitrogens with one attached hydrogen (secondary N) is 1. The number of hydrogen-bond acceptors (Lipinski definition) is 6. The molecule has 0 heterocycles. The van der Waals surface area contributed by atoms with Crippen molar-refractivity contribution in [2.75, 3.05) is 36.7 Å². The smallest absolute Gasteiger partial charge is 0.338 e. The van der Waals surface area contributed by atoms with E-state index >= 15 is 0 Å². The van der Waals surface area contributed by atoms with Gasteiger partial charge in [-0.05, 0) is 24.6 Å². The number of nitrogens with two attached hydrogens (primary N) is 1. The monoisotopic (exact) mass is 286 g/mol. The Balaban J connectivity index is 2.88. The molecule has 0 saturated heterocycles. The lowest BCUT2D eigenvalue weighted by Gasteiger charge is -2.13. The predicted octanol–water partition coefficient (Wildman–Crippen LogP) is 0.820. The average molecular weight is 286 g/mol. The SMILES string of the molecule is COC(=O)c1ccc(NCCS(C)(=O)=O)c(N)c1C. The maximum absolute atomic E-state index is 11.5. The highest BCUT2D eigenvalue weighted by Crippen LogP contribution is 2.25. The molecule has 1 aromatic carbocycles. The molecule has 0 unspecified atom stereocenters. The number of anilines is 2. The summed E-state index contributed by atoms with van der Waals surface area (Å²) >= 11 is 0. The van der Waals surface area contributed by atoms with Crippen molar-refractivity contribution >= 4 is 27.2 Å². The molecule has 0 aliphatic heterocycles. The molecule has 0 aliphatic rings. The molecule has 0 radical (unpaired) electrons. The lowest BCUT2D eigenvalue weighted by Crippen LogP contribution is -2.16. The average Bonchev–Trinajstić information content (AvgIpc) is 2.32. The van der Waals surface area contributed by atoms with Crippen LogP contribution in [-0.4, -0.2) is 40.1 Å². The molecule has 0 fully saturated rings. The third-order valence-corrected chi connectivity index (χ3v) is 3.65. The van der Waals surface area contributed by atoms with Crippen LogP contribution in [0.5, 0.6) is 0 Å². The van der Waals surface area contributed by atoms with Crippen molar-refractivity contribution in [1.82, 2.24) is 0 Å². The molecule has 19 heavy (non-hydrogen) atoms. The fourth-order valence-electron chi connectivity index (χ4n) is 1.58. The van der Waals surface area contributed by atoms with Gasteiger partial charge in [-0.15, -0.1) is 0 Å². The van der Waals surface area contributed by atoms with E-state index in [1.165, 1.54) is 13.4 Å². The van der Waals surface area contributed by atoms with Crippen molar-refractivity contribution in [3.8, 4) is 0 Å². The number of sulfone groups is 1. The maximum Gasteiger partial charge on any atom is 0.338 e. The van der Waals surface area contributed by atoms with Crippen LogP contribution in [0.2, 0.25) is 0 Å². The van der Waals surface area contributed by atoms with Gasteiger partial charge in [0.05, 0.1) is 29.8 Å². The minimum Gasteiger partial charge on any atom is -0.465 e. The number of benzene rings is 1. The molecule has 0 atom stereocenters. The third kappa shape index (κ3) is 4.13. The zero-order valence-corrected chi connectivity index (χ0v) is 12.0. The van der Waals surface area contributed by atoms with Crippen molar-refractivity contribution in [2.24, 2.45) is 0 Å². The Hall–Kier alpha value is -1.76. The van der Waals surface area contributed by atoms with Gasteiger partial charge in [0.1, 0.15) is 9.84 Å². The Morgan fingerprint density at radius 1 is 1.42 bits per heavy atom. The van der Waals surface area contributed by atoms with Crippen LogP contribution in [0.4, 0.5) is 11.4 Å². The minimum atomic E-state index is -3.02. The van der Waals surface area contributed by atoms with E-state index in [-0.39, 0.29) is 12.3 Å². The number of methoxy groups -OCH3 is 1. The summed E-state index contributed by atoms with van der Waals surface area (Å²) in [4.78, 5) is 11.5. The Morgan fingerprint density at radius 3 is 2.58 bits per heavy atom. The first-order valence-electron chi connectivity index (χ1n) is 5.65. The molecule has 106 valence electrons. The Morgan fingerprint density at radius 2 is 2.05 bits per heavy atom. The highest BCUT2D eigenvalue weighted by atomic mass is 32.2. The topological polar surface area (TPSA) is 98.5 Å². The number of carbonyl (C=O) groups excluding carboxylic acids is 1. The fraction of sp³-hybridized carbons (Fsp3) is 0.417. The largest absolute Gasteiger partial charge is 0.465 e. The number of nitrogen functional groups attached to an aromatic ring is 1. The molecule has 0 aliphatic carbocycles. The van der Waals surface area contributed by atoms with E-state index in [9.17, 15) is 13.2 Å². The zero-order chi connectivity index (χ0) is 14.6. The number of carbonyl (C=O) groups is 1. The van der Waals surface area contributed by atoms with Crippen molar-refractivity contribution < 1.29 is 17.9 Å². The van der Waals surface area contributed by atoms with Gasteiger partial charge in [0.2, 0.25) is 0 Å². The first kappa shape index (κ1) is 15.3. The Kier molecular flexibility index (Phi) is 4.77.